The van der Waals surface area contributed by atoms with E-state index in [1.807, 2.05) is 26.4 Å². The van der Waals surface area contributed by atoms with Crippen LogP contribution in [0.15, 0.2) is 49.3 Å². The number of aromatic nitrogens is 2. The number of allylic oxidation sites excluding steroid dienone is 4. The maximum absolute atomic E-state index is 12.3. The fraction of sp³-hybridized carbons (Fsp3) is 0.703. The van der Waals surface area contributed by atoms with Gasteiger partial charge >= 0.3 is 122 Å². The van der Waals surface area contributed by atoms with E-state index in [1.165, 1.54) is 76.2 Å². The van der Waals surface area contributed by atoms with Gasteiger partial charge in [-0.3, -0.25) is 10.1 Å². The molecule has 0 spiro atoms. The molecule has 3 unspecified atom stereocenters. The number of nitrogens with one attached hydrogen (secondary N) is 4. The number of hydrogen-bond acceptors (Lipinski definition) is 7. The third-order valence-corrected chi connectivity index (χ3v) is 17.4. The van der Waals surface area contributed by atoms with Crippen LogP contribution >= 0.6 is 0 Å². The van der Waals surface area contributed by atoms with Crippen LogP contribution in [0.1, 0.15) is 116 Å². The van der Waals surface area contributed by atoms with E-state index in [2.05, 4.69) is 86.3 Å². The molecule has 1 saturated heterocycles. The topological polar surface area (TPSA) is 100 Å². The van der Waals surface area contributed by atoms with Crippen LogP contribution in [0.5, 0.6) is 0 Å². The number of carbonyl (C=O) groups excluding carboxylic acids is 2. The van der Waals surface area contributed by atoms with Crippen molar-refractivity contribution in [1.29, 1.82) is 0 Å². The third kappa shape index (κ3) is 22.8. The zero-order valence-electron chi connectivity index (χ0n) is 30.6. The van der Waals surface area contributed by atoms with Crippen LogP contribution in [0.4, 0.5) is 0 Å². The Bertz CT molecular complexity index is 940. The second-order valence-corrected chi connectivity index (χ2v) is 21.0. The molecule has 1 saturated carbocycles. The summed E-state index contributed by atoms with van der Waals surface area (Å²) in [5.74, 6) is 1.41. The van der Waals surface area contributed by atoms with Gasteiger partial charge in [0.2, 0.25) is 0 Å². The summed E-state index contributed by atoms with van der Waals surface area (Å²) < 4.78 is 2.99. The van der Waals surface area contributed by atoms with E-state index in [1.54, 1.807) is 4.68 Å². The van der Waals surface area contributed by atoms with Gasteiger partial charge in [-0.15, -0.1) is 6.58 Å². The molecule has 0 radical (unpaired) electrons. The first kappa shape index (κ1) is 44.4. The first-order valence-corrected chi connectivity index (χ1v) is 23.8. The van der Waals surface area contributed by atoms with Gasteiger partial charge in [0.15, 0.2) is 0 Å². The predicted octanol–water partition coefficient (Wildman–Crippen LogP) is 7.18. The molecule has 1 aliphatic heterocycles. The fourth-order valence-electron chi connectivity index (χ4n) is 6.01. The summed E-state index contributed by atoms with van der Waals surface area (Å²) in [6.07, 6.45) is 22.4. The molecule has 1 aliphatic carbocycles. The molecule has 46 heavy (non-hydrogen) atoms. The molecule has 3 rings (SSSR count). The summed E-state index contributed by atoms with van der Waals surface area (Å²) in [6, 6.07) is 2.36. The first-order valence-electron chi connectivity index (χ1n) is 17.9. The van der Waals surface area contributed by atoms with Crippen molar-refractivity contribution in [3.63, 3.8) is 0 Å². The van der Waals surface area contributed by atoms with Crippen molar-refractivity contribution >= 4 is 9.58 Å². The average Bonchev–Trinajstić information content (AvgIpc) is 3.84. The van der Waals surface area contributed by atoms with Crippen LogP contribution in [0.2, 0.25) is 3.43 Å². The Labute approximate surface area is 294 Å². The van der Waals surface area contributed by atoms with Gasteiger partial charge in [0, 0.05) is 11.7 Å². The van der Waals surface area contributed by atoms with Crippen molar-refractivity contribution in [1.82, 2.24) is 31.0 Å². The summed E-state index contributed by atoms with van der Waals surface area (Å²) in [5, 5.41) is 17.9. The molecule has 0 bridgehead atoms. The molecule has 0 amide bonds. The molecule has 1 aromatic heterocycles. The molecule has 4 N–H and O–H groups in total. The van der Waals surface area contributed by atoms with Crippen molar-refractivity contribution in [2.24, 2.45) is 18.9 Å². The minimum atomic E-state index is -1.52. The van der Waals surface area contributed by atoms with Gasteiger partial charge in [0.1, 0.15) is 6.29 Å². The molecule has 260 valence electrons. The van der Waals surface area contributed by atoms with Crippen molar-refractivity contribution in [2.45, 2.75) is 121 Å². The zero-order chi connectivity index (χ0) is 34.6. The molecule has 1 aromatic rings. The summed E-state index contributed by atoms with van der Waals surface area (Å²) in [6.45, 7) is 21.5. The molecule has 2 fully saturated rings. The molecule has 2 aliphatic rings. The van der Waals surface area contributed by atoms with Gasteiger partial charge in [0.05, 0.1) is 6.17 Å². The summed E-state index contributed by atoms with van der Waals surface area (Å²) in [5.41, 5.74) is 1.98. The molecule has 0 aromatic carbocycles. The van der Waals surface area contributed by atoms with Gasteiger partial charge in [-0.2, -0.15) is 0 Å². The monoisotopic (exact) mass is 831 g/mol. The van der Waals surface area contributed by atoms with Crippen LogP contribution in [-0.2, 0) is 36.4 Å². The second-order valence-electron chi connectivity index (χ2n) is 12.9. The number of rotatable bonds is 18. The zero-order valence-corrected chi connectivity index (χ0v) is 36.1. The molecule has 2 heterocycles. The van der Waals surface area contributed by atoms with Crippen molar-refractivity contribution in [3.8, 4) is 0 Å². The fourth-order valence-corrected chi connectivity index (χ4v) is 14.9. The van der Waals surface area contributed by atoms with E-state index in [-0.39, 0.29) is 0 Å². The standard InChI is InChI=1S/C16H33N3.C9H17.C5H5N2O.C4H9N.C3H4O.Hg/c1-7-9-14(5)19-16(18-13(3)4)12-15(8-2)10-11-17-6;1-2-3-6-9-7-4-5-8-9;1-7-3-2-5(4-8)6-7;1-2-4-5-3-1;1-2-3-4;/h8-9,13,15-19H,2,7,10-12H2,1,3-6H3;6,9H,2-5,7-8H2,1H3;2-3H,1H3;5H,1-4H2;2-3H,1H2;/b14-9+;;;;;. The SMILES string of the molecule is C1CCNC1.C=CC(CCNC)CC(N/C(C)=C/CC)NC(C)C.C=CC=O.CCC[CH]([Hg][C](=O)c1ccn(C)n1)C1CCCC1. The Kier molecular flexibility index (Phi) is 28.5. The van der Waals surface area contributed by atoms with Crippen LogP contribution in [-0.4, -0.2) is 58.2 Å². The second kappa shape index (κ2) is 29.5. The van der Waals surface area contributed by atoms with E-state index >= 15 is 0 Å². The van der Waals surface area contributed by atoms with Crippen LogP contribution in [0.3, 0.4) is 0 Å². The predicted molar refractivity (Wildman–Crippen MR) is 193 cm³/mol. The summed E-state index contributed by atoms with van der Waals surface area (Å²) >= 11 is -1.52. The van der Waals surface area contributed by atoms with Gasteiger partial charge < -0.3 is 16.0 Å². The van der Waals surface area contributed by atoms with Crippen LogP contribution < -0.4 is 21.3 Å². The Morgan fingerprint density at radius 3 is 2.24 bits per heavy atom. The van der Waals surface area contributed by atoms with E-state index in [4.69, 9.17) is 4.79 Å². The molecule has 8 nitrogen and oxygen atoms in total. The van der Waals surface area contributed by atoms with Gasteiger partial charge in [-0.25, -0.2) is 0 Å². The number of aldehydes is 1. The van der Waals surface area contributed by atoms with Gasteiger partial charge in [-0.05, 0) is 91.6 Å². The summed E-state index contributed by atoms with van der Waals surface area (Å²) in [4.78, 5) is 21.4. The van der Waals surface area contributed by atoms with Crippen molar-refractivity contribution in [3.05, 3.63) is 55.0 Å². The Morgan fingerprint density at radius 1 is 1.15 bits per heavy atom. The van der Waals surface area contributed by atoms with E-state index < -0.39 is 24.6 Å². The Morgan fingerprint density at radius 2 is 1.80 bits per heavy atom. The minimum absolute atomic E-state index is 0.308. The molecule has 9 heteroatoms. The van der Waals surface area contributed by atoms with Crippen molar-refractivity contribution in [2.75, 3.05) is 26.7 Å². The van der Waals surface area contributed by atoms with Gasteiger partial charge in [0.25, 0.3) is 0 Å². The molecular weight excluding hydrogens is 761 g/mol. The number of aryl methyl sites for hydroxylation is 1. The van der Waals surface area contributed by atoms with Crippen LogP contribution in [0.25, 0.3) is 0 Å². The van der Waals surface area contributed by atoms with E-state index in [0.717, 1.165) is 40.8 Å². The van der Waals surface area contributed by atoms with Gasteiger partial charge in [-0.1, -0.05) is 25.7 Å². The molecule has 3 atom stereocenters. The quantitative estimate of drug-likeness (QED) is 0.0410. The van der Waals surface area contributed by atoms with E-state index in [0.29, 0.717) is 27.7 Å². The van der Waals surface area contributed by atoms with Crippen LogP contribution in [0, 0.1) is 11.8 Å². The van der Waals surface area contributed by atoms with E-state index in [9.17, 15) is 4.79 Å². The number of carbonyl (C=O) groups is 2. The third-order valence-electron chi connectivity index (χ3n) is 8.31. The first-order chi connectivity index (χ1) is 22.1. The average molecular weight is 830 g/mol. The Hall–Kier alpha value is -1.61. The number of nitrogens with zero attached hydrogens (tertiary/aromatic N) is 2. The Balaban J connectivity index is 0.000000692. The molecular formula is C37H68HgN6O2. The normalized spacial score (nSPS) is 16.3. The number of hydrogen-bond donors (Lipinski definition) is 4. The van der Waals surface area contributed by atoms with Crippen molar-refractivity contribution < 1.29 is 34.2 Å². The summed E-state index contributed by atoms with van der Waals surface area (Å²) in [7, 11) is 3.88. The maximum atomic E-state index is 12.3.